The molecule has 0 aliphatic carbocycles. The first-order valence-electron chi connectivity index (χ1n) is 5.41. The highest BCUT2D eigenvalue weighted by Crippen LogP contribution is 2.25. The van der Waals surface area contributed by atoms with Gasteiger partial charge in [-0.05, 0) is 18.2 Å². The van der Waals surface area contributed by atoms with Gasteiger partial charge in [-0.2, -0.15) is 0 Å². The summed E-state index contributed by atoms with van der Waals surface area (Å²) >= 11 is 0. The van der Waals surface area contributed by atoms with Crippen LogP contribution in [0.3, 0.4) is 0 Å². The molecule has 3 rings (SSSR count). The molecule has 1 fully saturated rings. The molecule has 16 heavy (non-hydrogen) atoms. The van der Waals surface area contributed by atoms with E-state index in [0.29, 0.717) is 6.42 Å². The van der Waals surface area contributed by atoms with Gasteiger partial charge in [0.05, 0.1) is 6.04 Å². The molecule has 1 amide bonds. The first-order chi connectivity index (χ1) is 7.75. The van der Waals surface area contributed by atoms with Crippen LogP contribution in [0.15, 0.2) is 30.6 Å². The predicted octanol–water partition coefficient (Wildman–Crippen LogP) is 1.44. The van der Waals surface area contributed by atoms with Crippen molar-refractivity contribution in [1.29, 1.82) is 0 Å². The third-order valence-corrected chi connectivity index (χ3v) is 3.19. The summed E-state index contributed by atoms with van der Waals surface area (Å²) in [6.07, 6.45) is 4.39. The molecule has 3 heterocycles. The Morgan fingerprint density at radius 2 is 2.31 bits per heavy atom. The van der Waals surface area contributed by atoms with Gasteiger partial charge in [0.15, 0.2) is 0 Å². The van der Waals surface area contributed by atoms with Crippen LogP contribution in [0.5, 0.6) is 0 Å². The van der Waals surface area contributed by atoms with Crippen molar-refractivity contribution in [1.82, 2.24) is 14.5 Å². The average molecular weight is 215 g/mol. The second-order valence-corrected chi connectivity index (χ2v) is 4.27. The first-order valence-corrected chi connectivity index (χ1v) is 5.41. The number of hydrogen-bond donors (Lipinski definition) is 0. The molecule has 2 aromatic rings. The Bertz CT molecular complexity index is 546. The van der Waals surface area contributed by atoms with E-state index < -0.39 is 0 Å². The summed E-state index contributed by atoms with van der Waals surface area (Å²) in [6.45, 7) is 0.777. The van der Waals surface area contributed by atoms with Crippen LogP contribution in [-0.2, 0) is 4.79 Å². The average Bonchev–Trinajstić information content (AvgIpc) is 2.83. The van der Waals surface area contributed by atoms with Crippen molar-refractivity contribution in [2.45, 2.75) is 12.5 Å². The first kappa shape index (κ1) is 9.39. The van der Waals surface area contributed by atoms with Crippen molar-refractivity contribution in [2.75, 3.05) is 13.6 Å². The highest BCUT2D eigenvalue weighted by Gasteiger charge is 2.28. The van der Waals surface area contributed by atoms with Crippen molar-refractivity contribution >= 4 is 16.9 Å². The van der Waals surface area contributed by atoms with Gasteiger partial charge in [0, 0.05) is 37.8 Å². The van der Waals surface area contributed by atoms with Crippen molar-refractivity contribution in [3.63, 3.8) is 0 Å². The van der Waals surface area contributed by atoms with Crippen molar-refractivity contribution in [2.24, 2.45) is 0 Å². The Balaban J connectivity index is 2.04. The molecule has 1 atom stereocenters. The van der Waals surface area contributed by atoms with E-state index in [0.717, 1.165) is 17.6 Å². The van der Waals surface area contributed by atoms with E-state index in [1.807, 2.05) is 31.4 Å². The summed E-state index contributed by atoms with van der Waals surface area (Å²) in [5.74, 6) is 0.211. The molecule has 0 N–H and O–H groups in total. The summed E-state index contributed by atoms with van der Waals surface area (Å²) in [4.78, 5) is 17.7. The molecule has 82 valence electrons. The molecule has 1 unspecified atom stereocenters. The molecule has 0 aromatic carbocycles. The molecule has 1 saturated heterocycles. The lowest BCUT2D eigenvalue weighted by Gasteiger charge is -2.12. The predicted molar refractivity (Wildman–Crippen MR) is 61.0 cm³/mol. The van der Waals surface area contributed by atoms with Gasteiger partial charge in [-0.1, -0.05) is 0 Å². The highest BCUT2D eigenvalue weighted by atomic mass is 16.2. The summed E-state index contributed by atoms with van der Waals surface area (Å²) < 4.78 is 2.11. The van der Waals surface area contributed by atoms with Gasteiger partial charge >= 0.3 is 0 Å². The molecule has 4 nitrogen and oxygen atoms in total. The molecule has 4 heteroatoms. The summed E-state index contributed by atoms with van der Waals surface area (Å²) in [6, 6.07) is 6.24. The quantitative estimate of drug-likeness (QED) is 0.722. The molecule has 2 aromatic heterocycles. The highest BCUT2D eigenvalue weighted by molar-refractivity contribution is 5.80. The van der Waals surface area contributed by atoms with E-state index in [1.54, 1.807) is 11.1 Å². The van der Waals surface area contributed by atoms with Gasteiger partial charge < -0.3 is 9.47 Å². The maximum absolute atomic E-state index is 11.5. The van der Waals surface area contributed by atoms with E-state index in [4.69, 9.17) is 0 Å². The fourth-order valence-corrected chi connectivity index (χ4v) is 2.31. The van der Waals surface area contributed by atoms with Crippen molar-refractivity contribution < 1.29 is 4.79 Å². The number of carbonyl (C=O) groups is 1. The number of nitrogens with zero attached hydrogens (tertiary/aromatic N) is 3. The molecular formula is C12H13N3O. The molecule has 0 spiro atoms. The maximum atomic E-state index is 11.5. The molecule has 1 aliphatic rings. The van der Waals surface area contributed by atoms with E-state index in [9.17, 15) is 4.79 Å². The van der Waals surface area contributed by atoms with E-state index in [1.165, 1.54) is 0 Å². The van der Waals surface area contributed by atoms with Crippen LogP contribution < -0.4 is 0 Å². The van der Waals surface area contributed by atoms with Crippen molar-refractivity contribution in [3.8, 4) is 0 Å². The minimum Gasteiger partial charge on any atom is -0.344 e. The summed E-state index contributed by atoms with van der Waals surface area (Å²) in [5, 5.41) is 1.13. The SMILES string of the molecule is CN1CC(n2ccc3cccnc32)CC1=O. The topological polar surface area (TPSA) is 38.1 Å². The lowest BCUT2D eigenvalue weighted by molar-refractivity contribution is -0.126. The minimum atomic E-state index is 0.211. The van der Waals surface area contributed by atoms with Crippen LogP contribution in [0.1, 0.15) is 12.5 Å². The van der Waals surface area contributed by atoms with Gasteiger partial charge in [0.2, 0.25) is 5.91 Å². The second-order valence-electron chi connectivity index (χ2n) is 4.27. The number of likely N-dealkylation sites (N-methyl/N-ethyl adjacent to an activating group) is 1. The molecule has 0 bridgehead atoms. The van der Waals surface area contributed by atoms with Gasteiger partial charge in [-0.25, -0.2) is 4.98 Å². The molecule has 0 radical (unpaired) electrons. The zero-order valence-corrected chi connectivity index (χ0v) is 9.13. The van der Waals surface area contributed by atoms with Crippen LogP contribution in [-0.4, -0.2) is 34.0 Å². The Labute approximate surface area is 93.5 Å². The van der Waals surface area contributed by atoms with Crippen LogP contribution in [0.25, 0.3) is 11.0 Å². The number of fused-ring (bicyclic) bond motifs is 1. The van der Waals surface area contributed by atoms with E-state index in [-0.39, 0.29) is 11.9 Å². The Kier molecular flexibility index (Phi) is 1.96. The van der Waals surface area contributed by atoms with Crippen molar-refractivity contribution in [3.05, 3.63) is 30.6 Å². The van der Waals surface area contributed by atoms with E-state index >= 15 is 0 Å². The monoisotopic (exact) mass is 215 g/mol. The lowest BCUT2D eigenvalue weighted by Crippen LogP contribution is -2.19. The number of pyridine rings is 1. The normalized spacial score (nSPS) is 20.9. The molecule has 1 aliphatic heterocycles. The maximum Gasteiger partial charge on any atom is 0.224 e. The Morgan fingerprint density at radius 1 is 1.44 bits per heavy atom. The minimum absolute atomic E-state index is 0.211. The summed E-state index contributed by atoms with van der Waals surface area (Å²) in [7, 11) is 1.85. The van der Waals surface area contributed by atoms with Gasteiger partial charge in [0.25, 0.3) is 0 Å². The third kappa shape index (κ3) is 1.30. The number of amides is 1. The molecular weight excluding hydrogens is 202 g/mol. The van der Waals surface area contributed by atoms with Crippen LogP contribution in [0.4, 0.5) is 0 Å². The van der Waals surface area contributed by atoms with Crippen LogP contribution in [0, 0.1) is 0 Å². The summed E-state index contributed by atoms with van der Waals surface area (Å²) in [5.41, 5.74) is 0.968. The number of rotatable bonds is 1. The Morgan fingerprint density at radius 3 is 3.06 bits per heavy atom. The Hall–Kier alpha value is -1.84. The van der Waals surface area contributed by atoms with Gasteiger partial charge in [-0.15, -0.1) is 0 Å². The molecule has 0 saturated carbocycles. The largest absolute Gasteiger partial charge is 0.344 e. The van der Waals surface area contributed by atoms with Crippen LogP contribution >= 0.6 is 0 Å². The number of hydrogen-bond acceptors (Lipinski definition) is 2. The zero-order chi connectivity index (χ0) is 11.1. The number of carbonyl (C=O) groups excluding carboxylic acids is 1. The van der Waals surface area contributed by atoms with Crippen LogP contribution in [0.2, 0.25) is 0 Å². The second kappa shape index (κ2) is 3.33. The standard InChI is InChI=1S/C12H13N3O/c1-14-8-10(7-11(14)16)15-6-4-9-3-2-5-13-12(9)15/h2-6,10H,7-8H2,1H3. The zero-order valence-electron chi connectivity index (χ0n) is 9.13. The van der Waals surface area contributed by atoms with E-state index in [2.05, 4.69) is 9.55 Å². The smallest absolute Gasteiger partial charge is 0.224 e. The van der Waals surface area contributed by atoms with Gasteiger partial charge in [-0.3, -0.25) is 4.79 Å². The number of aromatic nitrogens is 2. The fourth-order valence-electron chi connectivity index (χ4n) is 2.31. The lowest BCUT2D eigenvalue weighted by atomic mass is 10.2. The third-order valence-electron chi connectivity index (χ3n) is 3.19. The fraction of sp³-hybridized carbons (Fsp3) is 0.333. The van der Waals surface area contributed by atoms with Gasteiger partial charge in [0.1, 0.15) is 5.65 Å². The number of likely N-dealkylation sites (tertiary alicyclic amines) is 1.